The average molecular weight is 316 g/mol. The van der Waals surface area contributed by atoms with Gasteiger partial charge in [-0.2, -0.15) is 0 Å². The summed E-state index contributed by atoms with van der Waals surface area (Å²) in [6, 6.07) is 7.70. The Balaban J connectivity index is 1.90. The number of hydrogen-bond acceptors (Lipinski definition) is 4. The summed E-state index contributed by atoms with van der Waals surface area (Å²) < 4.78 is 2.12. The summed E-state index contributed by atoms with van der Waals surface area (Å²) >= 11 is 0. The second kappa shape index (κ2) is 8.33. The summed E-state index contributed by atoms with van der Waals surface area (Å²) in [5, 5.41) is 14.8. The Bertz CT molecular complexity index is 620. The maximum Gasteiger partial charge on any atom is 0.251 e. The lowest BCUT2D eigenvalue weighted by Crippen LogP contribution is -2.24. The third-order valence-electron chi connectivity index (χ3n) is 3.52. The van der Waals surface area contributed by atoms with Gasteiger partial charge in [-0.15, -0.1) is 0 Å². The lowest BCUT2D eigenvalue weighted by atomic mass is 10.2. The van der Waals surface area contributed by atoms with E-state index in [2.05, 4.69) is 34.0 Å². The molecule has 0 radical (unpaired) electrons. The quantitative estimate of drug-likeness (QED) is 0.652. The SMILES string of the molecule is CC(C)n1ccnc1CNc1ccc(C(=O)NCCCO)cc1. The van der Waals surface area contributed by atoms with Gasteiger partial charge < -0.3 is 20.3 Å². The van der Waals surface area contributed by atoms with Crippen molar-refractivity contribution in [3.05, 3.63) is 48.0 Å². The van der Waals surface area contributed by atoms with Gasteiger partial charge in [-0.1, -0.05) is 0 Å². The number of rotatable bonds is 8. The number of aromatic nitrogens is 2. The van der Waals surface area contributed by atoms with Gasteiger partial charge >= 0.3 is 0 Å². The van der Waals surface area contributed by atoms with Crippen molar-refractivity contribution in [2.24, 2.45) is 0 Å². The average Bonchev–Trinajstić information content (AvgIpc) is 3.02. The van der Waals surface area contributed by atoms with Crippen molar-refractivity contribution in [2.75, 3.05) is 18.5 Å². The van der Waals surface area contributed by atoms with Gasteiger partial charge in [-0.05, 0) is 44.5 Å². The lowest BCUT2D eigenvalue weighted by molar-refractivity contribution is 0.0951. The monoisotopic (exact) mass is 316 g/mol. The highest BCUT2D eigenvalue weighted by Crippen LogP contribution is 2.13. The van der Waals surface area contributed by atoms with Gasteiger partial charge in [0.15, 0.2) is 0 Å². The highest BCUT2D eigenvalue weighted by Gasteiger charge is 2.07. The van der Waals surface area contributed by atoms with Gasteiger partial charge in [0.2, 0.25) is 0 Å². The molecule has 0 fully saturated rings. The van der Waals surface area contributed by atoms with Crippen LogP contribution in [0.15, 0.2) is 36.7 Å². The summed E-state index contributed by atoms with van der Waals surface area (Å²) in [4.78, 5) is 16.2. The van der Waals surface area contributed by atoms with Crippen molar-refractivity contribution in [3.63, 3.8) is 0 Å². The number of nitrogens with one attached hydrogen (secondary N) is 2. The van der Waals surface area contributed by atoms with Crippen LogP contribution in [0.3, 0.4) is 0 Å². The van der Waals surface area contributed by atoms with Crippen LogP contribution in [0.4, 0.5) is 5.69 Å². The minimum atomic E-state index is -0.125. The Morgan fingerprint density at radius 2 is 2.04 bits per heavy atom. The van der Waals surface area contributed by atoms with Crippen LogP contribution < -0.4 is 10.6 Å². The lowest BCUT2D eigenvalue weighted by Gasteiger charge is -2.13. The van der Waals surface area contributed by atoms with Gasteiger partial charge in [-0.3, -0.25) is 4.79 Å². The van der Waals surface area contributed by atoms with Crippen molar-refractivity contribution >= 4 is 11.6 Å². The first-order valence-electron chi connectivity index (χ1n) is 7.86. The summed E-state index contributed by atoms with van der Waals surface area (Å²) in [6.07, 6.45) is 4.34. The molecule has 2 aromatic rings. The zero-order valence-corrected chi connectivity index (χ0v) is 13.6. The highest BCUT2D eigenvalue weighted by atomic mass is 16.3. The number of hydrogen-bond donors (Lipinski definition) is 3. The molecule has 0 spiro atoms. The van der Waals surface area contributed by atoms with Crippen LogP contribution in [0, 0.1) is 0 Å². The van der Waals surface area contributed by atoms with Gasteiger partial charge in [-0.25, -0.2) is 4.98 Å². The van der Waals surface area contributed by atoms with E-state index in [1.165, 1.54) is 0 Å². The number of aliphatic hydroxyl groups is 1. The summed E-state index contributed by atoms with van der Waals surface area (Å²) in [5.74, 6) is 0.853. The van der Waals surface area contributed by atoms with E-state index in [0.29, 0.717) is 31.1 Å². The van der Waals surface area contributed by atoms with Crippen molar-refractivity contribution in [3.8, 4) is 0 Å². The standard InChI is InChI=1S/C17H24N4O2/c1-13(2)21-10-9-18-16(21)12-20-15-6-4-14(5-7-15)17(23)19-8-3-11-22/h4-7,9-10,13,20,22H,3,8,11-12H2,1-2H3,(H,19,23). The zero-order chi connectivity index (χ0) is 16.7. The maximum atomic E-state index is 11.9. The molecule has 6 heteroatoms. The topological polar surface area (TPSA) is 79.2 Å². The fourth-order valence-corrected chi connectivity index (χ4v) is 2.25. The van der Waals surface area contributed by atoms with Crippen molar-refractivity contribution < 1.29 is 9.90 Å². The molecule has 6 nitrogen and oxygen atoms in total. The molecule has 1 aromatic carbocycles. The molecule has 0 unspecified atom stereocenters. The van der Waals surface area contributed by atoms with Crippen molar-refractivity contribution in [2.45, 2.75) is 32.9 Å². The van der Waals surface area contributed by atoms with E-state index in [-0.39, 0.29) is 12.5 Å². The number of carbonyl (C=O) groups is 1. The molecular formula is C17H24N4O2. The van der Waals surface area contributed by atoms with Crippen LogP contribution in [0.25, 0.3) is 0 Å². The summed E-state index contributed by atoms with van der Waals surface area (Å²) in [6.45, 7) is 5.43. The van der Waals surface area contributed by atoms with Gasteiger partial charge in [0.25, 0.3) is 5.91 Å². The Hall–Kier alpha value is -2.34. The Morgan fingerprint density at radius 1 is 1.30 bits per heavy atom. The van der Waals surface area contributed by atoms with Crippen LogP contribution in [-0.2, 0) is 6.54 Å². The smallest absolute Gasteiger partial charge is 0.251 e. The zero-order valence-electron chi connectivity index (χ0n) is 13.6. The van der Waals surface area contributed by atoms with E-state index >= 15 is 0 Å². The van der Waals surface area contributed by atoms with Crippen LogP contribution in [0.1, 0.15) is 42.5 Å². The largest absolute Gasteiger partial charge is 0.396 e. The maximum absolute atomic E-state index is 11.9. The molecule has 0 aliphatic carbocycles. The molecule has 2 rings (SSSR count). The number of amides is 1. The van der Waals surface area contributed by atoms with E-state index in [1.807, 2.05) is 18.3 Å². The number of anilines is 1. The normalized spacial score (nSPS) is 10.8. The molecule has 1 amide bonds. The molecule has 124 valence electrons. The van der Waals surface area contributed by atoms with E-state index in [0.717, 1.165) is 11.5 Å². The van der Waals surface area contributed by atoms with Gasteiger partial charge in [0.1, 0.15) is 5.82 Å². The number of carbonyl (C=O) groups excluding carboxylic acids is 1. The molecule has 3 N–H and O–H groups in total. The number of aliphatic hydroxyl groups excluding tert-OH is 1. The second-order valence-electron chi connectivity index (χ2n) is 5.61. The predicted octanol–water partition coefficient (Wildman–Crippen LogP) is 2.19. The van der Waals surface area contributed by atoms with Crippen LogP contribution >= 0.6 is 0 Å². The molecule has 0 aliphatic rings. The van der Waals surface area contributed by atoms with Crippen LogP contribution in [-0.4, -0.2) is 33.7 Å². The summed E-state index contributed by atoms with van der Waals surface area (Å²) in [5.41, 5.74) is 1.55. The van der Waals surface area contributed by atoms with E-state index in [9.17, 15) is 4.79 Å². The fraction of sp³-hybridized carbons (Fsp3) is 0.412. The first-order valence-corrected chi connectivity index (χ1v) is 7.86. The Kier molecular flexibility index (Phi) is 6.17. The fourth-order valence-electron chi connectivity index (χ4n) is 2.25. The Labute approximate surface area is 136 Å². The number of imidazole rings is 1. The molecule has 0 aliphatic heterocycles. The molecule has 0 saturated heterocycles. The highest BCUT2D eigenvalue weighted by molar-refractivity contribution is 5.94. The van der Waals surface area contributed by atoms with Crippen LogP contribution in [0.5, 0.6) is 0 Å². The number of nitrogens with zero attached hydrogens (tertiary/aromatic N) is 2. The van der Waals surface area contributed by atoms with E-state index in [4.69, 9.17) is 5.11 Å². The number of benzene rings is 1. The minimum Gasteiger partial charge on any atom is -0.396 e. The first kappa shape index (κ1) is 17.0. The Morgan fingerprint density at radius 3 is 2.70 bits per heavy atom. The van der Waals surface area contributed by atoms with Crippen molar-refractivity contribution in [1.82, 2.24) is 14.9 Å². The minimum absolute atomic E-state index is 0.0786. The summed E-state index contributed by atoms with van der Waals surface area (Å²) in [7, 11) is 0. The molecule has 0 bridgehead atoms. The third kappa shape index (κ3) is 4.82. The molecule has 1 aromatic heterocycles. The predicted molar refractivity (Wildman–Crippen MR) is 90.4 cm³/mol. The van der Waals surface area contributed by atoms with Crippen LogP contribution in [0.2, 0.25) is 0 Å². The first-order chi connectivity index (χ1) is 11.1. The third-order valence-corrected chi connectivity index (χ3v) is 3.52. The van der Waals surface area contributed by atoms with E-state index < -0.39 is 0 Å². The second-order valence-corrected chi connectivity index (χ2v) is 5.61. The van der Waals surface area contributed by atoms with Gasteiger partial charge in [0.05, 0.1) is 6.54 Å². The molecular weight excluding hydrogens is 292 g/mol. The molecule has 0 atom stereocenters. The molecule has 1 heterocycles. The van der Waals surface area contributed by atoms with E-state index in [1.54, 1.807) is 18.3 Å². The van der Waals surface area contributed by atoms with Crippen molar-refractivity contribution in [1.29, 1.82) is 0 Å². The molecule has 23 heavy (non-hydrogen) atoms. The molecule has 0 saturated carbocycles. The van der Waals surface area contributed by atoms with Gasteiger partial charge in [0, 0.05) is 42.8 Å².